The number of carbonyl (C=O) groups is 1. The first kappa shape index (κ1) is 19.3. The van der Waals surface area contributed by atoms with Gasteiger partial charge in [0.05, 0.1) is 24.0 Å². The first-order chi connectivity index (χ1) is 12.6. The number of sulfonamides is 1. The van der Waals surface area contributed by atoms with Crippen molar-refractivity contribution in [1.29, 1.82) is 0 Å². The summed E-state index contributed by atoms with van der Waals surface area (Å²) >= 11 is 0. The summed E-state index contributed by atoms with van der Waals surface area (Å²) in [7, 11) is -3.53. The number of hydrogen-bond acceptors (Lipinski definition) is 5. The summed E-state index contributed by atoms with van der Waals surface area (Å²) in [5.74, 6) is -0.335. The van der Waals surface area contributed by atoms with Gasteiger partial charge in [-0.3, -0.25) is 9.69 Å². The van der Waals surface area contributed by atoms with E-state index in [4.69, 9.17) is 4.74 Å². The van der Waals surface area contributed by atoms with Crippen molar-refractivity contribution in [2.24, 2.45) is 5.92 Å². The van der Waals surface area contributed by atoms with Crippen LogP contribution in [0.15, 0.2) is 35.2 Å². The number of carbonyl (C=O) groups excluding carboxylic acids is 1. The number of rotatable bonds is 6. The van der Waals surface area contributed by atoms with Crippen molar-refractivity contribution in [3.05, 3.63) is 30.3 Å². The molecule has 2 saturated heterocycles. The molecule has 0 aromatic heterocycles. The van der Waals surface area contributed by atoms with E-state index in [1.807, 2.05) is 0 Å². The molecule has 0 bridgehead atoms. The number of amides is 1. The van der Waals surface area contributed by atoms with E-state index in [1.54, 1.807) is 30.3 Å². The van der Waals surface area contributed by atoms with Crippen LogP contribution < -0.4 is 5.32 Å². The molecule has 144 valence electrons. The first-order valence-corrected chi connectivity index (χ1v) is 10.6. The zero-order valence-corrected chi connectivity index (χ0v) is 15.8. The van der Waals surface area contributed by atoms with Gasteiger partial charge in [-0.25, -0.2) is 8.42 Å². The van der Waals surface area contributed by atoms with Crippen LogP contribution in [0.5, 0.6) is 0 Å². The van der Waals surface area contributed by atoms with Gasteiger partial charge in [-0.1, -0.05) is 18.2 Å². The Morgan fingerprint density at radius 2 is 1.88 bits per heavy atom. The van der Waals surface area contributed by atoms with Crippen LogP contribution in [0.3, 0.4) is 0 Å². The standard InChI is InChI=1S/C18H27N3O4S/c22-18(19-8-10-20-11-13-25-14-12-20)16-5-4-9-21(15-16)26(23,24)17-6-2-1-3-7-17/h1-3,6-7,16H,4-5,8-15H2,(H,19,22)/t16-/m0/s1. The Morgan fingerprint density at radius 1 is 1.15 bits per heavy atom. The lowest BCUT2D eigenvalue weighted by Gasteiger charge is -2.31. The number of morpholine rings is 1. The number of benzene rings is 1. The van der Waals surface area contributed by atoms with E-state index in [0.717, 1.165) is 39.3 Å². The Hall–Kier alpha value is -1.48. The minimum atomic E-state index is -3.53. The molecule has 3 rings (SSSR count). The third kappa shape index (κ3) is 4.82. The summed E-state index contributed by atoms with van der Waals surface area (Å²) in [6.07, 6.45) is 1.43. The predicted molar refractivity (Wildman–Crippen MR) is 98.2 cm³/mol. The van der Waals surface area contributed by atoms with Crippen LogP contribution >= 0.6 is 0 Å². The third-order valence-electron chi connectivity index (χ3n) is 4.97. The number of nitrogens with one attached hydrogen (secondary N) is 1. The minimum absolute atomic E-state index is 0.0498. The SMILES string of the molecule is O=C(NCCN1CCOCC1)[C@H]1CCCN(S(=O)(=O)c2ccccc2)C1. The normalized spacial score (nSPS) is 22.8. The van der Waals surface area contributed by atoms with E-state index in [9.17, 15) is 13.2 Å². The molecule has 2 heterocycles. The molecule has 1 aromatic rings. The molecule has 0 spiro atoms. The Kier molecular flexibility index (Phi) is 6.63. The Morgan fingerprint density at radius 3 is 2.62 bits per heavy atom. The highest BCUT2D eigenvalue weighted by atomic mass is 32.2. The highest BCUT2D eigenvalue weighted by Crippen LogP contribution is 2.23. The fourth-order valence-corrected chi connectivity index (χ4v) is 4.97. The number of hydrogen-bond donors (Lipinski definition) is 1. The minimum Gasteiger partial charge on any atom is -0.379 e. The first-order valence-electron chi connectivity index (χ1n) is 9.20. The van der Waals surface area contributed by atoms with Crippen LogP contribution in [-0.2, 0) is 19.6 Å². The number of piperidine rings is 1. The van der Waals surface area contributed by atoms with Gasteiger partial charge in [-0.05, 0) is 25.0 Å². The molecule has 8 heteroatoms. The van der Waals surface area contributed by atoms with E-state index in [0.29, 0.717) is 19.5 Å². The molecule has 2 fully saturated rings. The highest BCUT2D eigenvalue weighted by molar-refractivity contribution is 7.89. The van der Waals surface area contributed by atoms with Crippen LogP contribution in [0.1, 0.15) is 12.8 Å². The number of nitrogens with zero attached hydrogens (tertiary/aromatic N) is 2. The zero-order chi connectivity index (χ0) is 18.4. The summed E-state index contributed by atoms with van der Waals surface area (Å²) in [5, 5.41) is 2.97. The van der Waals surface area contributed by atoms with Crippen LogP contribution in [0.2, 0.25) is 0 Å². The van der Waals surface area contributed by atoms with E-state index in [-0.39, 0.29) is 23.3 Å². The fourth-order valence-electron chi connectivity index (χ4n) is 3.42. The van der Waals surface area contributed by atoms with Gasteiger partial charge in [-0.15, -0.1) is 0 Å². The van der Waals surface area contributed by atoms with Crippen LogP contribution in [-0.4, -0.2) is 76.0 Å². The lowest BCUT2D eigenvalue weighted by molar-refractivity contribution is -0.126. The quantitative estimate of drug-likeness (QED) is 0.778. The van der Waals surface area contributed by atoms with Gasteiger partial charge in [0.2, 0.25) is 15.9 Å². The Balaban J connectivity index is 1.52. The average Bonchev–Trinajstić information content (AvgIpc) is 2.69. The molecular formula is C18H27N3O4S. The average molecular weight is 381 g/mol. The van der Waals surface area contributed by atoms with Crippen molar-refractivity contribution >= 4 is 15.9 Å². The molecule has 0 radical (unpaired) electrons. The highest BCUT2D eigenvalue weighted by Gasteiger charge is 2.33. The second kappa shape index (κ2) is 8.94. The van der Waals surface area contributed by atoms with Gasteiger partial charge in [0.1, 0.15) is 0 Å². The largest absolute Gasteiger partial charge is 0.379 e. The van der Waals surface area contributed by atoms with Crippen molar-refractivity contribution < 1.29 is 17.9 Å². The van der Waals surface area contributed by atoms with Gasteiger partial charge < -0.3 is 10.1 Å². The molecule has 1 N–H and O–H groups in total. The summed E-state index contributed by atoms with van der Waals surface area (Å²) in [6.45, 7) is 5.36. The molecule has 0 aliphatic carbocycles. The van der Waals surface area contributed by atoms with Gasteiger partial charge in [-0.2, -0.15) is 4.31 Å². The third-order valence-corrected chi connectivity index (χ3v) is 6.85. The maximum atomic E-state index is 12.8. The van der Waals surface area contributed by atoms with Crippen molar-refractivity contribution in [3.8, 4) is 0 Å². The van der Waals surface area contributed by atoms with Crippen LogP contribution in [0.4, 0.5) is 0 Å². The van der Waals surface area contributed by atoms with Gasteiger partial charge in [0.15, 0.2) is 0 Å². The summed E-state index contributed by atoms with van der Waals surface area (Å²) in [5.41, 5.74) is 0. The molecule has 1 atom stereocenters. The van der Waals surface area contributed by atoms with Gasteiger partial charge in [0.25, 0.3) is 0 Å². The molecule has 1 aromatic carbocycles. The van der Waals surface area contributed by atoms with Crippen LogP contribution in [0, 0.1) is 5.92 Å². The van der Waals surface area contributed by atoms with E-state index >= 15 is 0 Å². The molecule has 1 amide bonds. The topological polar surface area (TPSA) is 79.0 Å². The molecular weight excluding hydrogens is 354 g/mol. The van der Waals surface area contributed by atoms with Crippen molar-refractivity contribution in [2.45, 2.75) is 17.7 Å². The molecule has 0 unspecified atom stereocenters. The Bertz CT molecular complexity index is 690. The fraction of sp³-hybridized carbons (Fsp3) is 0.611. The summed E-state index contributed by atoms with van der Waals surface area (Å²) in [4.78, 5) is 15.0. The zero-order valence-electron chi connectivity index (χ0n) is 15.0. The lowest BCUT2D eigenvalue weighted by atomic mass is 9.99. The lowest BCUT2D eigenvalue weighted by Crippen LogP contribution is -2.47. The summed E-state index contributed by atoms with van der Waals surface area (Å²) in [6, 6.07) is 8.42. The Labute approximate surface area is 155 Å². The van der Waals surface area contributed by atoms with Crippen molar-refractivity contribution in [3.63, 3.8) is 0 Å². The molecule has 2 aliphatic rings. The van der Waals surface area contributed by atoms with Gasteiger partial charge in [0, 0.05) is 39.3 Å². The molecule has 2 aliphatic heterocycles. The number of ether oxygens (including phenoxy) is 1. The summed E-state index contributed by atoms with van der Waals surface area (Å²) < 4.78 is 32.3. The maximum absolute atomic E-state index is 12.8. The monoisotopic (exact) mass is 381 g/mol. The molecule has 7 nitrogen and oxygen atoms in total. The van der Waals surface area contributed by atoms with E-state index in [2.05, 4.69) is 10.2 Å². The second-order valence-electron chi connectivity index (χ2n) is 6.76. The van der Waals surface area contributed by atoms with Crippen molar-refractivity contribution in [2.75, 3.05) is 52.5 Å². The van der Waals surface area contributed by atoms with Gasteiger partial charge >= 0.3 is 0 Å². The van der Waals surface area contributed by atoms with E-state index < -0.39 is 10.0 Å². The van der Waals surface area contributed by atoms with E-state index in [1.165, 1.54) is 4.31 Å². The van der Waals surface area contributed by atoms with Crippen molar-refractivity contribution in [1.82, 2.24) is 14.5 Å². The smallest absolute Gasteiger partial charge is 0.243 e. The molecule has 26 heavy (non-hydrogen) atoms. The second-order valence-corrected chi connectivity index (χ2v) is 8.70. The van der Waals surface area contributed by atoms with Crippen LogP contribution in [0.25, 0.3) is 0 Å². The molecule has 0 saturated carbocycles. The predicted octanol–water partition coefficient (Wildman–Crippen LogP) is 0.536. The maximum Gasteiger partial charge on any atom is 0.243 e.